The number of aryl methyl sites for hydroxylation is 2. The molecule has 5 rings (SSSR count). The minimum atomic E-state index is 0.481. The first-order chi connectivity index (χ1) is 20.4. The minimum Gasteiger partial charge on any atom is -0.383 e. The average Bonchev–Trinajstić information content (AvgIpc) is 3.00. The van der Waals surface area contributed by atoms with E-state index in [2.05, 4.69) is 131 Å². The molecule has 1 aliphatic carbocycles. The molecule has 4 aromatic carbocycles. The Morgan fingerprint density at radius 1 is 0.833 bits per heavy atom. The molecule has 0 unspecified atom stereocenters. The van der Waals surface area contributed by atoms with Crippen LogP contribution >= 0.6 is 0 Å². The second-order valence-electron chi connectivity index (χ2n) is 10.1. The zero-order valence-electron chi connectivity index (χ0n) is 26.1. The molecule has 2 N–H and O–H groups in total. The van der Waals surface area contributed by atoms with Crippen LogP contribution in [0.1, 0.15) is 73.9 Å². The van der Waals surface area contributed by atoms with Crippen LogP contribution in [-0.2, 0) is 13.0 Å². The molecule has 3 heteroatoms. The number of benzene rings is 4. The van der Waals surface area contributed by atoms with Crippen molar-refractivity contribution in [3.63, 3.8) is 0 Å². The highest BCUT2D eigenvalue weighted by Crippen LogP contribution is 2.21. The molecular weight excluding hydrogens is 510 g/mol. The molecule has 4 aromatic rings. The highest BCUT2D eigenvalue weighted by molar-refractivity contribution is 6.11. The molecule has 0 heterocycles. The van der Waals surface area contributed by atoms with Crippen LogP contribution in [0.15, 0.2) is 126 Å². The van der Waals surface area contributed by atoms with Crippen LogP contribution in [0.5, 0.6) is 0 Å². The van der Waals surface area contributed by atoms with Gasteiger partial charge in [-0.1, -0.05) is 123 Å². The fraction of sp³-hybridized carbons (Fsp3) is 0.231. The largest absolute Gasteiger partial charge is 0.383 e. The van der Waals surface area contributed by atoms with Crippen LogP contribution < -0.4 is 5.73 Å². The van der Waals surface area contributed by atoms with E-state index in [4.69, 9.17) is 15.7 Å². The van der Waals surface area contributed by atoms with Crippen LogP contribution in [0.3, 0.4) is 0 Å². The van der Waals surface area contributed by atoms with Gasteiger partial charge in [-0.2, -0.15) is 0 Å². The number of hydrogen-bond acceptors (Lipinski definition) is 1. The van der Waals surface area contributed by atoms with Gasteiger partial charge in [-0.25, -0.2) is 4.99 Å². The van der Waals surface area contributed by atoms with Crippen LogP contribution in [0.25, 0.3) is 16.8 Å². The molecule has 1 aliphatic rings. The van der Waals surface area contributed by atoms with E-state index in [1.54, 1.807) is 12.2 Å². The Labute approximate surface area is 254 Å². The van der Waals surface area contributed by atoms with Crippen LogP contribution in [0.2, 0.25) is 0 Å². The maximum absolute atomic E-state index is 6.48. The van der Waals surface area contributed by atoms with Gasteiger partial charge < -0.3 is 5.73 Å². The standard InChI is InChI=1S/C30H27N3.C3H8.2C3H6/c1-21-10-13-25(14-11-21)30(32-20-22-12-15-23-6-2-4-8-26(23)18-22)33-29(31)28-17-16-24-7-3-5-9-27(24)19-28;3*1-3-2/h2,4-6,8-19H,3,7,20H2,1H3,(H2,31,32,33);3H2,1-2H3;2*3H,1H2,2H3. The first kappa shape index (κ1) is 33.7. The number of rotatable bonds is 4. The number of fused-ring (bicyclic) bond motifs is 2. The zero-order chi connectivity index (χ0) is 30.7. The molecule has 0 spiro atoms. The van der Waals surface area contributed by atoms with Gasteiger partial charge in [-0.3, -0.25) is 4.99 Å². The molecule has 0 bridgehead atoms. The van der Waals surface area contributed by atoms with E-state index in [0.717, 1.165) is 29.5 Å². The molecule has 218 valence electrons. The summed E-state index contributed by atoms with van der Waals surface area (Å²) in [4.78, 5) is 9.68. The van der Waals surface area contributed by atoms with E-state index in [-0.39, 0.29) is 0 Å². The molecule has 0 fully saturated rings. The molecule has 0 saturated carbocycles. The smallest absolute Gasteiger partial charge is 0.157 e. The Bertz CT molecular complexity index is 1500. The number of aliphatic imine (C=N–C) groups is 2. The summed E-state index contributed by atoms with van der Waals surface area (Å²) in [5.74, 6) is 1.13. The molecule has 0 radical (unpaired) electrons. The van der Waals surface area contributed by atoms with Gasteiger partial charge in [-0.15, -0.1) is 13.2 Å². The number of amidine groups is 2. The van der Waals surface area contributed by atoms with E-state index < -0.39 is 0 Å². The quantitative estimate of drug-likeness (QED) is 0.151. The average molecular weight is 558 g/mol. The van der Waals surface area contributed by atoms with Crippen molar-refractivity contribution >= 4 is 28.5 Å². The van der Waals surface area contributed by atoms with Crippen molar-refractivity contribution in [3.8, 4) is 0 Å². The molecular formula is C39H47N3. The lowest BCUT2D eigenvalue weighted by Crippen LogP contribution is -2.17. The molecule has 0 saturated heterocycles. The summed E-state index contributed by atoms with van der Waals surface area (Å²) in [6.07, 6.45) is 11.3. The third kappa shape index (κ3) is 10.8. The molecule has 0 atom stereocenters. The Kier molecular flexibility index (Phi) is 15.1. The zero-order valence-corrected chi connectivity index (χ0v) is 26.1. The van der Waals surface area contributed by atoms with Crippen LogP contribution in [0.4, 0.5) is 0 Å². The van der Waals surface area contributed by atoms with Gasteiger partial charge >= 0.3 is 0 Å². The Morgan fingerprint density at radius 3 is 2.12 bits per heavy atom. The first-order valence-corrected chi connectivity index (χ1v) is 14.8. The van der Waals surface area contributed by atoms with Crippen molar-refractivity contribution in [2.75, 3.05) is 0 Å². The predicted molar refractivity (Wildman–Crippen MR) is 188 cm³/mol. The summed E-state index contributed by atoms with van der Waals surface area (Å²) in [5, 5.41) is 2.44. The molecule has 0 amide bonds. The van der Waals surface area contributed by atoms with Gasteiger partial charge in [0, 0.05) is 11.1 Å². The lowest BCUT2D eigenvalue weighted by atomic mass is 9.95. The van der Waals surface area contributed by atoms with Gasteiger partial charge in [-0.05, 0) is 73.2 Å². The topological polar surface area (TPSA) is 50.7 Å². The van der Waals surface area contributed by atoms with Gasteiger partial charge in [0.1, 0.15) is 5.84 Å². The minimum absolute atomic E-state index is 0.481. The van der Waals surface area contributed by atoms with E-state index in [1.165, 1.54) is 33.9 Å². The SMILES string of the molecule is C=CC.C=CC.CCC.Cc1ccc(C(N=C(N)c2ccc3c(c2)C=CCC3)=NCc2ccc3ccccc3c2)cc1. The maximum Gasteiger partial charge on any atom is 0.157 e. The first-order valence-electron chi connectivity index (χ1n) is 14.8. The Balaban J connectivity index is 0.000000611. The fourth-order valence-corrected chi connectivity index (χ4v) is 4.16. The number of nitrogens with two attached hydrogens (primary N) is 1. The summed E-state index contributed by atoms with van der Waals surface area (Å²) < 4.78 is 0. The highest BCUT2D eigenvalue weighted by atomic mass is 15.0. The van der Waals surface area contributed by atoms with E-state index in [9.17, 15) is 0 Å². The van der Waals surface area contributed by atoms with Crippen LogP contribution in [-0.4, -0.2) is 11.7 Å². The van der Waals surface area contributed by atoms with E-state index in [0.29, 0.717) is 18.2 Å². The summed E-state index contributed by atoms with van der Waals surface area (Å²) in [7, 11) is 0. The second-order valence-corrected chi connectivity index (χ2v) is 10.1. The van der Waals surface area contributed by atoms with Crippen molar-refractivity contribution < 1.29 is 0 Å². The maximum atomic E-state index is 6.48. The van der Waals surface area contributed by atoms with Crippen molar-refractivity contribution in [2.45, 2.75) is 60.4 Å². The molecule has 42 heavy (non-hydrogen) atoms. The van der Waals surface area contributed by atoms with Gasteiger partial charge in [0.25, 0.3) is 0 Å². The van der Waals surface area contributed by atoms with Crippen molar-refractivity contribution in [1.29, 1.82) is 0 Å². The van der Waals surface area contributed by atoms with Gasteiger partial charge in [0.15, 0.2) is 5.84 Å². The van der Waals surface area contributed by atoms with Crippen molar-refractivity contribution in [1.82, 2.24) is 0 Å². The molecule has 3 nitrogen and oxygen atoms in total. The lowest BCUT2D eigenvalue weighted by molar-refractivity contribution is 0.985. The summed E-state index contributed by atoms with van der Waals surface area (Å²) in [6, 6.07) is 29.5. The number of nitrogens with zero attached hydrogens (tertiary/aromatic N) is 2. The van der Waals surface area contributed by atoms with Crippen molar-refractivity contribution in [3.05, 3.63) is 150 Å². The monoisotopic (exact) mass is 557 g/mol. The molecule has 0 aliphatic heterocycles. The summed E-state index contributed by atoms with van der Waals surface area (Å²) in [6.45, 7) is 17.4. The highest BCUT2D eigenvalue weighted by Gasteiger charge is 2.09. The Morgan fingerprint density at radius 2 is 1.45 bits per heavy atom. The second kappa shape index (κ2) is 18.8. The lowest BCUT2D eigenvalue weighted by Gasteiger charge is -2.12. The van der Waals surface area contributed by atoms with E-state index >= 15 is 0 Å². The van der Waals surface area contributed by atoms with Crippen molar-refractivity contribution in [2.24, 2.45) is 15.7 Å². The van der Waals surface area contributed by atoms with E-state index in [1.807, 2.05) is 13.8 Å². The summed E-state index contributed by atoms with van der Waals surface area (Å²) >= 11 is 0. The Hall–Kier alpha value is -4.50. The summed E-state index contributed by atoms with van der Waals surface area (Å²) in [5.41, 5.74) is 13.3. The normalized spacial score (nSPS) is 11.9. The number of hydrogen-bond donors (Lipinski definition) is 1. The van der Waals surface area contributed by atoms with Crippen LogP contribution in [0, 0.1) is 6.92 Å². The molecule has 0 aromatic heterocycles. The third-order valence-electron chi connectivity index (χ3n) is 6.08. The van der Waals surface area contributed by atoms with Gasteiger partial charge in [0.05, 0.1) is 6.54 Å². The fourth-order valence-electron chi connectivity index (χ4n) is 4.16. The predicted octanol–water partition coefficient (Wildman–Crippen LogP) is 10.3. The number of allylic oxidation sites excluding steroid dienone is 3. The third-order valence-corrected chi connectivity index (χ3v) is 6.08. The van der Waals surface area contributed by atoms with Gasteiger partial charge in [0.2, 0.25) is 0 Å².